The zero-order chi connectivity index (χ0) is 20.3. The van der Waals surface area contributed by atoms with Gasteiger partial charge in [-0.25, -0.2) is 4.39 Å². The molecule has 142 valence electrons. The summed E-state index contributed by atoms with van der Waals surface area (Å²) in [6.45, 7) is 0. The number of hydrogen-bond donors (Lipinski definition) is 1. The third kappa shape index (κ3) is 4.03. The number of nitrogens with one attached hydrogen (secondary N) is 1. The van der Waals surface area contributed by atoms with E-state index in [0.29, 0.717) is 17.1 Å². The van der Waals surface area contributed by atoms with Crippen molar-refractivity contribution in [2.75, 3.05) is 11.9 Å². The summed E-state index contributed by atoms with van der Waals surface area (Å²) < 4.78 is 13.3. The maximum atomic E-state index is 13.3. The summed E-state index contributed by atoms with van der Waals surface area (Å²) >= 11 is 7.16. The predicted octanol–water partition coefficient (Wildman–Crippen LogP) is 3.65. The lowest BCUT2D eigenvalue weighted by atomic mass is 10.1. The molecule has 0 saturated carbocycles. The van der Waals surface area contributed by atoms with Gasteiger partial charge in [0.1, 0.15) is 22.5 Å². The monoisotopic (exact) mass is 415 g/mol. The van der Waals surface area contributed by atoms with Crippen molar-refractivity contribution in [2.24, 2.45) is 0 Å². The molecule has 8 heteroatoms. The molecule has 1 N–H and O–H groups in total. The van der Waals surface area contributed by atoms with E-state index in [9.17, 15) is 19.2 Å². The summed E-state index contributed by atoms with van der Waals surface area (Å²) in [6, 6.07) is 14.4. The molecule has 1 fully saturated rings. The first-order chi connectivity index (χ1) is 13.4. The molecule has 5 nitrogen and oxygen atoms in total. The quantitative estimate of drug-likeness (QED) is 0.611. The number of thioether (sulfide) groups is 1. The Morgan fingerprint density at radius 3 is 2.64 bits per heavy atom. The minimum absolute atomic E-state index is 0.168. The van der Waals surface area contributed by atoms with Crippen LogP contribution < -0.4 is 10.2 Å². The molecule has 1 saturated heterocycles. The van der Waals surface area contributed by atoms with Crippen LogP contribution in [0.2, 0.25) is 5.02 Å². The van der Waals surface area contributed by atoms with Crippen LogP contribution in [0.15, 0.2) is 59.1 Å². The van der Waals surface area contributed by atoms with Crippen molar-refractivity contribution >= 4 is 40.9 Å². The minimum atomic E-state index is -0.590. The Kier molecular flexibility index (Phi) is 6.02. The molecule has 2 aromatic carbocycles. The van der Waals surface area contributed by atoms with Crippen LogP contribution in [0, 0.1) is 17.1 Å². The second kappa shape index (κ2) is 8.46. The fourth-order valence-electron chi connectivity index (χ4n) is 2.82. The highest BCUT2D eigenvalue weighted by molar-refractivity contribution is 8.05. The Morgan fingerprint density at radius 2 is 2.04 bits per heavy atom. The van der Waals surface area contributed by atoms with Gasteiger partial charge < -0.3 is 5.32 Å². The minimum Gasteiger partial charge on any atom is -0.354 e. The van der Waals surface area contributed by atoms with Crippen LogP contribution in [0.4, 0.5) is 10.1 Å². The molecule has 28 heavy (non-hydrogen) atoms. The van der Waals surface area contributed by atoms with Crippen molar-refractivity contribution in [3.05, 3.63) is 75.5 Å². The fraction of sp³-hybridized carbons (Fsp3) is 0.150. The number of nitriles is 1. The third-order valence-corrected chi connectivity index (χ3v) is 5.63. The van der Waals surface area contributed by atoms with Gasteiger partial charge in [0.15, 0.2) is 0 Å². The smallest absolute Gasteiger partial charge is 0.264 e. The van der Waals surface area contributed by atoms with Gasteiger partial charge in [-0.1, -0.05) is 35.5 Å². The van der Waals surface area contributed by atoms with Crippen LogP contribution in [0.3, 0.4) is 0 Å². The zero-order valence-electron chi connectivity index (χ0n) is 14.8. The molecule has 2 aromatic rings. The van der Waals surface area contributed by atoms with Crippen molar-refractivity contribution in [1.82, 2.24) is 5.32 Å². The normalized spacial score (nSPS) is 18.0. The van der Waals surface area contributed by atoms with Crippen molar-refractivity contribution in [3.8, 4) is 6.07 Å². The van der Waals surface area contributed by atoms with E-state index in [1.165, 1.54) is 36.2 Å². The number of benzene rings is 2. The number of likely N-dealkylation sites (N-methyl/N-ethyl adjacent to an activating group) is 1. The summed E-state index contributed by atoms with van der Waals surface area (Å²) in [4.78, 5) is 26.6. The molecule has 0 unspecified atom stereocenters. The van der Waals surface area contributed by atoms with Crippen LogP contribution in [-0.4, -0.2) is 24.1 Å². The highest BCUT2D eigenvalue weighted by atomic mass is 35.5. The topological polar surface area (TPSA) is 73.2 Å². The van der Waals surface area contributed by atoms with Crippen molar-refractivity contribution in [1.29, 1.82) is 5.26 Å². The highest BCUT2D eigenvalue weighted by Gasteiger charge is 2.40. The van der Waals surface area contributed by atoms with E-state index in [1.807, 2.05) is 12.1 Å². The standard InChI is InChI=1S/C20H15ClFN3O2S/c1-24-18(26)16(11-23)20-25(15-7-5-14(22)6-8-15)19(27)17(28-20)10-12-3-2-4-13(21)9-12/h2-9,17H,10H2,1H3,(H,24,26)/b20-16-/t17-/m1/s1. The van der Waals surface area contributed by atoms with Crippen LogP contribution >= 0.6 is 23.4 Å². The Morgan fingerprint density at radius 1 is 1.32 bits per heavy atom. The van der Waals surface area contributed by atoms with E-state index in [-0.39, 0.29) is 16.5 Å². The van der Waals surface area contributed by atoms with Crippen LogP contribution in [0.25, 0.3) is 0 Å². The maximum absolute atomic E-state index is 13.3. The number of rotatable bonds is 4. The molecule has 0 spiro atoms. The number of hydrogen-bond acceptors (Lipinski definition) is 4. The van der Waals surface area contributed by atoms with E-state index in [4.69, 9.17) is 11.6 Å². The molecule has 0 aliphatic carbocycles. The molecule has 0 bridgehead atoms. The van der Waals surface area contributed by atoms with E-state index < -0.39 is 17.0 Å². The number of carbonyl (C=O) groups is 2. The van der Waals surface area contributed by atoms with Gasteiger partial charge >= 0.3 is 0 Å². The molecular weight excluding hydrogens is 401 g/mol. The van der Waals surface area contributed by atoms with Gasteiger partial charge in [0, 0.05) is 17.8 Å². The first-order valence-corrected chi connectivity index (χ1v) is 9.57. The Balaban J connectivity index is 2.04. The molecule has 3 rings (SSSR count). The fourth-order valence-corrected chi connectivity index (χ4v) is 4.34. The molecule has 1 heterocycles. The third-order valence-electron chi connectivity index (χ3n) is 4.13. The summed E-state index contributed by atoms with van der Waals surface area (Å²) in [7, 11) is 1.41. The average molecular weight is 416 g/mol. The van der Waals surface area contributed by atoms with E-state index in [2.05, 4.69) is 5.32 Å². The number of amides is 2. The Labute approximate surface area is 170 Å². The van der Waals surface area contributed by atoms with E-state index in [1.54, 1.807) is 18.2 Å². The van der Waals surface area contributed by atoms with Crippen LogP contribution in [-0.2, 0) is 16.0 Å². The van der Waals surface area contributed by atoms with Crippen molar-refractivity contribution in [3.63, 3.8) is 0 Å². The lowest BCUT2D eigenvalue weighted by Crippen LogP contribution is -2.31. The molecule has 2 amide bonds. The van der Waals surface area contributed by atoms with Gasteiger partial charge in [0.25, 0.3) is 5.91 Å². The highest BCUT2D eigenvalue weighted by Crippen LogP contribution is 2.42. The SMILES string of the molecule is CNC(=O)/C(C#N)=C1\S[C@H](Cc2cccc(Cl)c2)C(=O)N1c1ccc(F)cc1. The number of carbonyl (C=O) groups excluding carboxylic acids is 2. The number of halogens is 2. The van der Waals surface area contributed by atoms with Gasteiger partial charge in [-0.2, -0.15) is 5.26 Å². The zero-order valence-corrected chi connectivity index (χ0v) is 16.4. The lowest BCUT2D eigenvalue weighted by molar-refractivity contribution is -0.117. The Hall–Kier alpha value is -2.82. The van der Waals surface area contributed by atoms with Gasteiger partial charge in [0.2, 0.25) is 5.91 Å². The summed E-state index contributed by atoms with van der Waals surface area (Å²) in [5, 5.41) is 12.1. The number of anilines is 1. The van der Waals surface area contributed by atoms with E-state index >= 15 is 0 Å². The summed E-state index contributed by atoms with van der Waals surface area (Å²) in [6.07, 6.45) is 0.373. The predicted molar refractivity (Wildman–Crippen MR) is 107 cm³/mol. The molecular formula is C20H15ClFN3O2S. The first-order valence-electron chi connectivity index (χ1n) is 8.31. The molecule has 1 atom stereocenters. The van der Waals surface area contributed by atoms with Gasteiger partial charge in [0.05, 0.1) is 5.25 Å². The van der Waals surface area contributed by atoms with Crippen LogP contribution in [0.1, 0.15) is 5.56 Å². The molecule has 0 radical (unpaired) electrons. The molecule has 1 aliphatic heterocycles. The summed E-state index contributed by atoms with van der Waals surface area (Å²) in [5.74, 6) is -1.33. The maximum Gasteiger partial charge on any atom is 0.264 e. The summed E-state index contributed by atoms with van der Waals surface area (Å²) in [5.41, 5.74) is 1.08. The number of nitrogens with zero attached hydrogens (tertiary/aromatic N) is 2. The lowest BCUT2D eigenvalue weighted by Gasteiger charge is -2.18. The van der Waals surface area contributed by atoms with Gasteiger partial charge in [-0.3, -0.25) is 14.5 Å². The first kappa shape index (κ1) is 19.9. The van der Waals surface area contributed by atoms with Crippen molar-refractivity contribution in [2.45, 2.75) is 11.7 Å². The Bertz CT molecular complexity index is 1000. The van der Waals surface area contributed by atoms with Crippen LogP contribution in [0.5, 0.6) is 0 Å². The second-order valence-corrected chi connectivity index (χ2v) is 7.59. The molecule has 0 aromatic heterocycles. The second-order valence-electron chi connectivity index (χ2n) is 5.96. The average Bonchev–Trinajstić information content (AvgIpc) is 2.99. The van der Waals surface area contributed by atoms with Crippen molar-refractivity contribution < 1.29 is 14.0 Å². The largest absolute Gasteiger partial charge is 0.354 e. The molecule has 1 aliphatic rings. The van der Waals surface area contributed by atoms with Gasteiger partial charge in [-0.15, -0.1) is 0 Å². The van der Waals surface area contributed by atoms with E-state index in [0.717, 1.165) is 17.3 Å². The van der Waals surface area contributed by atoms with Gasteiger partial charge in [-0.05, 0) is 48.4 Å².